The van der Waals surface area contributed by atoms with Crippen LogP contribution in [0.2, 0.25) is 5.28 Å². The van der Waals surface area contributed by atoms with E-state index in [0.29, 0.717) is 0 Å². The van der Waals surface area contributed by atoms with Gasteiger partial charge in [-0.05, 0) is 29.7 Å². The van der Waals surface area contributed by atoms with Crippen LogP contribution < -0.4 is 0 Å². The molecule has 0 atom stereocenters. The van der Waals surface area contributed by atoms with Crippen molar-refractivity contribution in [3.63, 3.8) is 0 Å². The predicted octanol–water partition coefficient (Wildman–Crippen LogP) is 2.36. The van der Waals surface area contributed by atoms with E-state index >= 15 is 0 Å². The van der Waals surface area contributed by atoms with Crippen molar-refractivity contribution in [1.82, 2.24) is 15.2 Å². The highest BCUT2D eigenvalue weighted by Crippen LogP contribution is 2.11. The molecule has 0 saturated heterocycles. The third-order valence-electron chi connectivity index (χ3n) is 2.12. The zero-order chi connectivity index (χ0) is 9.97. The summed E-state index contributed by atoms with van der Waals surface area (Å²) < 4.78 is 0. The van der Waals surface area contributed by atoms with Gasteiger partial charge in [-0.15, -0.1) is 5.10 Å². The van der Waals surface area contributed by atoms with Crippen molar-refractivity contribution in [3.05, 3.63) is 46.5 Å². The van der Waals surface area contributed by atoms with Gasteiger partial charge in [-0.1, -0.05) is 24.3 Å². The van der Waals surface area contributed by atoms with E-state index in [0.717, 1.165) is 12.2 Å². The van der Waals surface area contributed by atoms with Crippen LogP contribution in [0.25, 0.3) is 0 Å². The first kappa shape index (κ1) is 9.21. The van der Waals surface area contributed by atoms with Gasteiger partial charge in [0.05, 0.1) is 0 Å². The number of halogens is 1. The van der Waals surface area contributed by atoms with E-state index < -0.39 is 0 Å². The standard InChI is InChI=1S/C10H10ClN3/c1-7-4-2-3-5-8(7)6-9-12-10(11)14-13-9/h2-5H,6H2,1H3,(H,12,13,14). The molecule has 72 valence electrons. The number of nitrogens with one attached hydrogen (secondary N) is 1. The van der Waals surface area contributed by atoms with Crippen LogP contribution in [0, 0.1) is 6.92 Å². The van der Waals surface area contributed by atoms with Crippen LogP contribution in [0.15, 0.2) is 24.3 Å². The number of aromatic amines is 1. The Morgan fingerprint density at radius 1 is 1.36 bits per heavy atom. The molecule has 0 aliphatic heterocycles. The number of aromatic nitrogens is 3. The second kappa shape index (κ2) is 3.80. The molecule has 0 aliphatic rings. The molecule has 2 rings (SSSR count). The van der Waals surface area contributed by atoms with E-state index in [4.69, 9.17) is 11.6 Å². The summed E-state index contributed by atoms with van der Waals surface area (Å²) in [5.41, 5.74) is 2.49. The molecule has 0 bridgehead atoms. The van der Waals surface area contributed by atoms with Crippen LogP contribution in [0.5, 0.6) is 0 Å². The van der Waals surface area contributed by atoms with Crippen LogP contribution in [0.1, 0.15) is 17.0 Å². The van der Waals surface area contributed by atoms with Gasteiger partial charge in [0.25, 0.3) is 0 Å². The van der Waals surface area contributed by atoms with E-state index in [1.165, 1.54) is 11.1 Å². The molecular formula is C10H10ClN3. The van der Waals surface area contributed by atoms with Gasteiger partial charge in [0.2, 0.25) is 5.28 Å². The quantitative estimate of drug-likeness (QED) is 0.822. The van der Waals surface area contributed by atoms with Crippen LogP contribution in [-0.2, 0) is 6.42 Å². The average molecular weight is 208 g/mol. The fourth-order valence-corrected chi connectivity index (χ4v) is 1.48. The minimum atomic E-state index is 0.272. The highest BCUT2D eigenvalue weighted by atomic mass is 35.5. The fourth-order valence-electron chi connectivity index (χ4n) is 1.34. The van der Waals surface area contributed by atoms with E-state index in [-0.39, 0.29) is 5.28 Å². The first-order valence-corrected chi connectivity index (χ1v) is 4.75. The second-order valence-corrected chi connectivity index (χ2v) is 3.49. The lowest BCUT2D eigenvalue weighted by atomic mass is 10.1. The van der Waals surface area contributed by atoms with Gasteiger partial charge in [-0.25, -0.2) is 4.98 Å². The maximum Gasteiger partial charge on any atom is 0.242 e. The fraction of sp³-hybridized carbons (Fsp3) is 0.200. The molecule has 0 saturated carbocycles. The maximum absolute atomic E-state index is 5.61. The normalized spacial score (nSPS) is 10.4. The van der Waals surface area contributed by atoms with E-state index in [9.17, 15) is 0 Å². The minimum absolute atomic E-state index is 0.272. The van der Waals surface area contributed by atoms with Gasteiger partial charge < -0.3 is 0 Å². The summed E-state index contributed by atoms with van der Waals surface area (Å²) in [5, 5.41) is 6.83. The Kier molecular flexibility index (Phi) is 2.50. The first-order valence-electron chi connectivity index (χ1n) is 4.37. The summed E-state index contributed by atoms with van der Waals surface area (Å²) in [6.07, 6.45) is 0.742. The first-order chi connectivity index (χ1) is 6.75. The molecule has 0 fully saturated rings. The molecule has 0 amide bonds. The third kappa shape index (κ3) is 1.93. The summed E-state index contributed by atoms with van der Waals surface area (Å²) in [6.45, 7) is 2.08. The summed E-state index contributed by atoms with van der Waals surface area (Å²) in [7, 11) is 0. The molecule has 2 aromatic rings. The summed E-state index contributed by atoms with van der Waals surface area (Å²) in [6, 6.07) is 8.19. The van der Waals surface area contributed by atoms with Crippen molar-refractivity contribution >= 4 is 11.6 Å². The van der Waals surface area contributed by atoms with Crippen molar-refractivity contribution in [3.8, 4) is 0 Å². The van der Waals surface area contributed by atoms with Crippen molar-refractivity contribution in [2.75, 3.05) is 0 Å². The van der Waals surface area contributed by atoms with E-state index in [2.05, 4.69) is 34.2 Å². The number of hydrogen-bond donors (Lipinski definition) is 1. The molecule has 1 N–H and O–H groups in total. The zero-order valence-electron chi connectivity index (χ0n) is 7.79. The van der Waals surface area contributed by atoms with E-state index in [1.54, 1.807) is 0 Å². The molecule has 14 heavy (non-hydrogen) atoms. The van der Waals surface area contributed by atoms with Crippen molar-refractivity contribution in [1.29, 1.82) is 0 Å². The van der Waals surface area contributed by atoms with Crippen LogP contribution >= 0.6 is 11.6 Å². The van der Waals surface area contributed by atoms with Crippen LogP contribution in [-0.4, -0.2) is 15.2 Å². The lowest BCUT2D eigenvalue weighted by Crippen LogP contribution is -1.93. The minimum Gasteiger partial charge on any atom is -0.261 e. The summed E-state index contributed by atoms with van der Waals surface area (Å²) >= 11 is 5.61. The highest BCUT2D eigenvalue weighted by molar-refractivity contribution is 6.28. The second-order valence-electron chi connectivity index (χ2n) is 3.15. The van der Waals surface area contributed by atoms with Gasteiger partial charge in [-0.3, -0.25) is 5.10 Å². The monoisotopic (exact) mass is 207 g/mol. The van der Waals surface area contributed by atoms with Gasteiger partial charge in [-0.2, -0.15) is 0 Å². The molecule has 0 unspecified atom stereocenters. The van der Waals surface area contributed by atoms with Crippen LogP contribution in [0.3, 0.4) is 0 Å². The SMILES string of the molecule is Cc1ccccc1Cc1nc(Cl)n[nH]1. The number of hydrogen-bond acceptors (Lipinski definition) is 2. The number of aryl methyl sites for hydroxylation is 1. The Balaban J connectivity index is 2.23. The molecular weight excluding hydrogens is 198 g/mol. The molecule has 3 nitrogen and oxygen atoms in total. The predicted molar refractivity (Wildman–Crippen MR) is 55.4 cm³/mol. The Labute approximate surface area is 87.1 Å². The Morgan fingerprint density at radius 2 is 2.14 bits per heavy atom. The largest absolute Gasteiger partial charge is 0.261 e. The topological polar surface area (TPSA) is 41.6 Å². The average Bonchev–Trinajstić information content (AvgIpc) is 2.56. The molecule has 1 aromatic heterocycles. The number of benzene rings is 1. The van der Waals surface area contributed by atoms with Crippen molar-refractivity contribution in [2.24, 2.45) is 0 Å². The molecule has 1 aromatic carbocycles. The van der Waals surface area contributed by atoms with Gasteiger partial charge in [0, 0.05) is 6.42 Å². The zero-order valence-corrected chi connectivity index (χ0v) is 8.54. The van der Waals surface area contributed by atoms with Gasteiger partial charge in [0.1, 0.15) is 5.82 Å². The molecule has 1 heterocycles. The Bertz CT molecular complexity index is 436. The third-order valence-corrected chi connectivity index (χ3v) is 2.29. The maximum atomic E-state index is 5.61. The van der Waals surface area contributed by atoms with E-state index in [1.807, 2.05) is 12.1 Å². The summed E-state index contributed by atoms with van der Waals surface area (Å²) in [5.74, 6) is 0.796. The lowest BCUT2D eigenvalue weighted by Gasteiger charge is -2.01. The Hall–Kier alpha value is -1.35. The molecule has 0 radical (unpaired) electrons. The van der Waals surface area contributed by atoms with Crippen molar-refractivity contribution in [2.45, 2.75) is 13.3 Å². The molecule has 4 heteroatoms. The molecule has 0 aliphatic carbocycles. The smallest absolute Gasteiger partial charge is 0.242 e. The van der Waals surface area contributed by atoms with Crippen molar-refractivity contribution < 1.29 is 0 Å². The highest BCUT2D eigenvalue weighted by Gasteiger charge is 2.03. The molecule has 0 spiro atoms. The van der Waals surface area contributed by atoms with Gasteiger partial charge in [0.15, 0.2) is 0 Å². The lowest BCUT2D eigenvalue weighted by molar-refractivity contribution is 0.966. The summed E-state index contributed by atoms with van der Waals surface area (Å²) in [4.78, 5) is 4.05. The van der Waals surface area contributed by atoms with Gasteiger partial charge >= 0.3 is 0 Å². The van der Waals surface area contributed by atoms with Crippen LogP contribution in [0.4, 0.5) is 0 Å². The number of rotatable bonds is 2. The number of H-pyrrole nitrogens is 1. The Morgan fingerprint density at radius 3 is 2.79 bits per heavy atom. The number of nitrogens with zero attached hydrogens (tertiary/aromatic N) is 2.